The van der Waals surface area contributed by atoms with E-state index >= 15 is 0 Å². The number of hydrogen-bond acceptors (Lipinski definition) is 3. The van der Waals surface area contributed by atoms with Gasteiger partial charge in [-0.2, -0.15) is 5.10 Å². The highest BCUT2D eigenvalue weighted by molar-refractivity contribution is 14.1. The number of urea groups is 1. The predicted octanol–water partition coefficient (Wildman–Crippen LogP) is 2.22. The summed E-state index contributed by atoms with van der Waals surface area (Å²) in [5.41, 5.74) is 1.10. The number of amides is 2. The topological polar surface area (TPSA) is 96.2 Å². The molecule has 20 heavy (non-hydrogen) atoms. The van der Waals surface area contributed by atoms with Crippen LogP contribution < -0.4 is 10.6 Å². The van der Waals surface area contributed by atoms with E-state index in [1.807, 2.05) is 18.2 Å². The van der Waals surface area contributed by atoms with Crippen LogP contribution in [0.5, 0.6) is 0 Å². The van der Waals surface area contributed by atoms with Crippen molar-refractivity contribution >= 4 is 46.0 Å². The van der Waals surface area contributed by atoms with Crippen LogP contribution in [0, 0.1) is 3.57 Å². The van der Waals surface area contributed by atoms with Gasteiger partial charge in [-0.25, -0.2) is 4.79 Å². The molecule has 0 unspecified atom stereocenters. The summed E-state index contributed by atoms with van der Waals surface area (Å²) in [6, 6.07) is 6.94. The fraction of sp³-hybridized carbons (Fsp3) is 0.0833. The molecule has 1 aromatic heterocycles. The first-order valence-electron chi connectivity index (χ1n) is 5.61. The maximum atomic E-state index is 11.7. The van der Waals surface area contributed by atoms with Crippen LogP contribution in [0.4, 0.5) is 16.2 Å². The van der Waals surface area contributed by atoms with Gasteiger partial charge in [0.15, 0.2) is 0 Å². The first-order chi connectivity index (χ1) is 9.52. The molecule has 104 valence electrons. The van der Waals surface area contributed by atoms with Crippen LogP contribution in [0.3, 0.4) is 0 Å². The summed E-state index contributed by atoms with van der Waals surface area (Å²) in [6.07, 6.45) is 2.83. The Kier molecular flexibility index (Phi) is 4.56. The Morgan fingerprint density at radius 3 is 2.75 bits per heavy atom. The van der Waals surface area contributed by atoms with Crippen molar-refractivity contribution in [3.8, 4) is 0 Å². The SMILES string of the molecule is O=C(O)Cn1cc(NC(=O)Nc2cccc(I)c2)cn1. The Morgan fingerprint density at radius 2 is 2.05 bits per heavy atom. The quantitative estimate of drug-likeness (QED) is 0.703. The van der Waals surface area contributed by atoms with Crippen LogP contribution >= 0.6 is 22.6 Å². The second-order valence-electron chi connectivity index (χ2n) is 3.91. The Labute approximate surface area is 128 Å². The second kappa shape index (κ2) is 6.37. The summed E-state index contributed by atoms with van der Waals surface area (Å²) in [5.74, 6) is -0.997. The van der Waals surface area contributed by atoms with E-state index in [2.05, 4.69) is 38.3 Å². The average Bonchev–Trinajstić information content (AvgIpc) is 2.75. The Bertz CT molecular complexity index is 641. The number of aliphatic carboxylic acids is 1. The van der Waals surface area contributed by atoms with Crippen LogP contribution in [0.1, 0.15) is 0 Å². The van der Waals surface area contributed by atoms with E-state index in [-0.39, 0.29) is 6.54 Å². The lowest BCUT2D eigenvalue weighted by molar-refractivity contribution is -0.137. The fourth-order valence-electron chi connectivity index (χ4n) is 1.51. The van der Waals surface area contributed by atoms with Crippen LogP contribution in [0.2, 0.25) is 0 Å². The van der Waals surface area contributed by atoms with E-state index in [1.54, 1.807) is 6.07 Å². The Morgan fingerprint density at radius 1 is 1.30 bits per heavy atom. The Balaban J connectivity index is 1.94. The number of nitrogens with zero attached hydrogens (tertiary/aromatic N) is 2. The number of rotatable bonds is 4. The molecule has 0 aliphatic carbocycles. The molecular weight excluding hydrogens is 375 g/mol. The zero-order valence-electron chi connectivity index (χ0n) is 10.2. The van der Waals surface area contributed by atoms with Gasteiger partial charge in [0.05, 0.1) is 11.9 Å². The van der Waals surface area contributed by atoms with Crippen LogP contribution in [-0.2, 0) is 11.3 Å². The molecule has 0 saturated heterocycles. The summed E-state index contributed by atoms with van der Waals surface area (Å²) in [4.78, 5) is 22.3. The molecule has 3 N–H and O–H groups in total. The third-order valence-electron chi connectivity index (χ3n) is 2.27. The van der Waals surface area contributed by atoms with Gasteiger partial charge in [-0.05, 0) is 40.8 Å². The number of anilines is 2. The van der Waals surface area contributed by atoms with E-state index in [1.165, 1.54) is 17.1 Å². The first kappa shape index (κ1) is 14.3. The molecule has 0 aliphatic rings. The zero-order valence-corrected chi connectivity index (χ0v) is 12.4. The minimum Gasteiger partial charge on any atom is -0.480 e. The van der Waals surface area contributed by atoms with E-state index < -0.39 is 12.0 Å². The molecule has 2 rings (SSSR count). The van der Waals surface area contributed by atoms with E-state index in [0.29, 0.717) is 11.4 Å². The summed E-state index contributed by atoms with van der Waals surface area (Å²) in [6.45, 7) is -0.250. The summed E-state index contributed by atoms with van der Waals surface area (Å²) in [5, 5.41) is 17.7. The number of benzene rings is 1. The molecule has 0 fully saturated rings. The van der Waals surface area contributed by atoms with Crippen molar-refractivity contribution < 1.29 is 14.7 Å². The van der Waals surface area contributed by atoms with Gasteiger partial charge < -0.3 is 15.7 Å². The zero-order chi connectivity index (χ0) is 14.5. The van der Waals surface area contributed by atoms with Gasteiger partial charge in [0, 0.05) is 15.5 Å². The molecule has 0 saturated carbocycles. The minimum absolute atomic E-state index is 0.250. The minimum atomic E-state index is -0.997. The molecule has 0 radical (unpaired) electrons. The molecule has 0 spiro atoms. The average molecular weight is 386 g/mol. The number of carboxylic acids is 1. The van der Waals surface area contributed by atoms with E-state index in [9.17, 15) is 9.59 Å². The Hall–Kier alpha value is -2.10. The van der Waals surface area contributed by atoms with Crippen molar-refractivity contribution in [2.45, 2.75) is 6.54 Å². The van der Waals surface area contributed by atoms with Crippen molar-refractivity contribution in [2.75, 3.05) is 10.6 Å². The maximum absolute atomic E-state index is 11.7. The maximum Gasteiger partial charge on any atom is 0.325 e. The third-order valence-corrected chi connectivity index (χ3v) is 2.94. The summed E-state index contributed by atoms with van der Waals surface area (Å²) >= 11 is 2.15. The van der Waals surface area contributed by atoms with Crippen molar-refractivity contribution in [3.63, 3.8) is 0 Å². The number of carbonyl (C=O) groups is 2. The van der Waals surface area contributed by atoms with Crippen LogP contribution in [0.15, 0.2) is 36.7 Å². The third kappa shape index (κ3) is 4.23. The first-order valence-corrected chi connectivity index (χ1v) is 6.68. The van der Waals surface area contributed by atoms with Gasteiger partial charge in [0.1, 0.15) is 6.54 Å². The van der Waals surface area contributed by atoms with Gasteiger partial charge in [-0.15, -0.1) is 0 Å². The molecule has 2 amide bonds. The number of carbonyl (C=O) groups excluding carboxylic acids is 1. The molecule has 0 bridgehead atoms. The van der Waals surface area contributed by atoms with Gasteiger partial charge >= 0.3 is 12.0 Å². The molecular formula is C12H11IN4O3. The largest absolute Gasteiger partial charge is 0.480 e. The number of carboxylic acid groups (broad SMARTS) is 1. The lowest BCUT2D eigenvalue weighted by Crippen LogP contribution is -2.19. The normalized spacial score (nSPS) is 10.1. The van der Waals surface area contributed by atoms with Gasteiger partial charge in [-0.3, -0.25) is 9.48 Å². The monoisotopic (exact) mass is 386 g/mol. The molecule has 1 aromatic carbocycles. The van der Waals surface area contributed by atoms with Crippen molar-refractivity contribution in [2.24, 2.45) is 0 Å². The van der Waals surface area contributed by atoms with Gasteiger partial charge in [0.25, 0.3) is 0 Å². The molecule has 0 atom stereocenters. The fourth-order valence-corrected chi connectivity index (χ4v) is 2.06. The number of hydrogen-bond donors (Lipinski definition) is 3. The van der Waals surface area contributed by atoms with Gasteiger partial charge in [-0.1, -0.05) is 6.07 Å². The van der Waals surface area contributed by atoms with Gasteiger partial charge in [0.2, 0.25) is 0 Å². The summed E-state index contributed by atoms with van der Waals surface area (Å²) in [7, 11) is 0. The molecule has 2 aromatic rings. The number of aromatic nitrogens is 2. The van der Waals surface area contributed by atoms with Crippen LogP contribution in [0.25, 0.3) is 0 Å². The second-order valence-corrected chi connectivity index (χ2v) is 5.16. The predicted molar refractivity (Wildman–Crippen MR) is 81.7 cm³/mol. The number of nitrogens with one attached hydrogen (secondary N) is 2. The highest BCUT2D eigenvalue weighted by Crippen LogP contribution is 2.13. The van der Waals surface area contributed by atoms with Crippen molar-refractivity contribution in [3.05, 3.63) is 40.2 Å². The highest BCUT2D eigenvalue weighted by Gasteiger charge is 2.06. The lowest BCUT2D eigenvalue weighted by atomic mass is 10.3. The molecule has 7 nitrogen and oxygen atoms in total. The summed E-state index contributed by atoms with van der Waals surface area (Å²) < 4.78 is 2.23. The molecule has 8 heteroatoms. The number of halogens is 1. The standard InChI is InChI=1S/C12H11IN4O3/c13-8-2-1-3-9(4-8)15-12(20)16-10-5-14-17(6-10)7-11(18)19/h1-6H,7H2,(H,18,19)(H2,15,16,20). The lowest BCUT2D eigenvalue weighted by Gasteiger charge is -2.05. The van der Waals surface area contributed by atoms with E-state index in [0.717, 1.165) is 3.57 Å². The molecule has 0 aliphatic heterocycles. The van der Waals surface area contributed by atoms with E-state index in [4.69, 9.17) is 5.11 Å². The molecule has 1 heterocycles. The van der Waals surface area contributed by atoms with Crippen LogP contribution in [-0.4, -0.2) is 26.9 Å². The van der Waals surface area contributed by atoms with Crippen molar-refractivity contribution in [1.82, 2.24) is 9.78 Å². The smallest absolute Gasteiger partial charge is 0.325 e. The van der Waals surface area contributed by atoms with Crippen molar-refractivity contribution in [1.29, 1.82) is 0 Å². The highest BCUT2D eigenvalue weighted by atomic mass is 127.